The molecule has 0 aromatic carbocycles. The molecule has 1 unspecified atom stereocenters. The fourth-order valence-electron chi connectivity index (χ4n) is 2.07. The van der Waals surface area contributed by atoms with Crippen molar-refractivity contribution in [3.63, 3.8) is 0 Å². The fraction of sp³-hybridized carbons (Fsp3) is 0.500. The van der Waals surface area contributed by atoms with E-state index in [0.29, 0.717) is 24.5 Å². The molecule has 0 bridgehead atoms. The summed E-state index contributed by atoms with van der Waals surface area (Å²) in [5.41, 5.74) is -0.217. The van der Waals surface area contributed by atoms with Crippen molar-refractivity contribution in [3.8, 4) is 0 Å². The molecule has 1 fully saturated rings. The van der Waals surface area contributed by atoms with Crippen molar-refractivity contribution in [2.45, 2.75) is 25.8 Å². The largest absolute Gasteiger partial charge is 0.476 e. The molecule has 1 aliphatic rings. The third-order valence-corrected chi connectivity index (χ3v) is 4.19. The van der Waals surface area contributed by atoms with Crippen molar-refractivity contribution in [3.05, 3.63) is 10.6 Å². The molecule has 0 saturated carbocycles. The van der Waals surface area contributed by atoms with Gasteiger partial charge in [-0.1, -0.05) is 11.3 Å². The zero-order valence-corrected chi connectivity index (χ0v) is 12.0. The Morgan fingerprint density at radius 3 is 2.70 bits per heavy atom. The van der Waals surface area contributed by atoms with Crippen molar-refractivity contribution >= 4 is 34.1 Å². The maximum absolute atomic E-state index is 11.4. The van der Waals surface area contributed by atoms with Crippen LogP contribution in [-0.2, 0) is 4.79 Å². The molecule has 108 valence electrons. The van der Waals surface area contributed by atoms with E-state index in [1.807, 2.05) is 0 Å². The average molecular weight is 297 g/mol. The second-order valence-electron chi connectivity index (χ2n) is 4.71. The summed E-state index contributed by atoms with van der Waals surface area (Å²) < 4.78 is 0. The lowest BCUT2D eigenvalue weighted by atomic mass is 10.1. The first-order chi connectivity index (χ1) is 9.38. The highest BCUT2D eigenvalue weighted by Crippen LogP contribution is 2.25. The van der Waals surface area contributed by atoms with Crippen LogP contribution < -0.4 is 5.32 Å². The van der Waals surface area contributed by atoms with Crippen LogP contribution in [0.5, 0.6) is 0 Å². The Hall–Kier alpha value is -1.96. The van der Waals surface area contributed by atoms with Gasteiger partial charge in [-0.3, -0.25) is 9.59 Å². The Balaban J connectivity index is 2.14. The third kappa shape index (κ3) is 2.96. The van der Waals surface area contributed by atoms with Gasteiger partial charge in [0.15, 0.2) is 16.6 Å². The van der Waals surface area contributed by atoms with E-state index < -0.39 is 5.97 Å². The number of likely N-dealkylation sites (N-methyl/N-ethyl adjacent to an activating group) is 1. The first-order valence-corrected chi connectivity index (χ1v) is 6.95. The number of hydrogen-bond acceptors (Lipinski definition) is 6. The van der Waals surface area contributed by atoms with E-state index in [0.717, 1.165) is 11.3 Å². The molecule has 20 heavy (non-hydrogen) atoms. The van der Waals surface area contributed by atoms with Crippen LogP contribution in [0.3, 0.4) is 0 Å². The van der Waals surface area contributed by atoms with Crippen molar-refractivity contribution in [1.29, 1.82) is 0 Å². The SMILES string of the molecule is CC(=O)c1sc(NC2CCC(=O)N(C)C2)nc1C(=O)O. The summed E-state index contributed by atoms with van der Waals surface area (Å²) in [4.78, 5) is 39.5. The number of aromatic nitrogens is 1. The summed E-state index contributed by atoms with van der Waals surface area (Å²) in [6.07, 6.45) is 1.12. The molecule has 2 heterocycles. The quantitative estimate of drug-likeness (QED) is 0.807. The van der Waals surface area contributed by atoms with Crippen LogP contribution in [0.1, 0.15) is 39.9 Å². The lowest BCUT2D eigenvalue weighted by Crippen LogP contribution is -2.43. The van der Waals surface area contributed by atoms with E-state index in [-0.39, 0.29) is 28.3 Å². The Labute approximate surface area is 119 Å². The minimum atomic E-state index is -1.21. The molecular formula is C12H15N3O4S. The minimum absolute atomic E-state index is 0.0188. The number of nitrogens with one attached hydrogen (secondary N) is 1. The van der Waals surface area contributed by atoms with Crippen molar-refractivity contribution in [2.75, 3.05) is 18.9 Å². The number of rotatable bonds is 4. The molecule has 1 aromatic rings. The normalized spacial score (nSPS) is 19.0. The van der Waals surface area contributed by atoms with E-state index >= 15 is 0 Å². The summed E-state index contributed by atoms with van der Waals surface area (Å²) in [5.74, 6) is -1.43. The molecule has 1 saturated heterocycles. The number of thiazole rings is 1. The highest BCUT2D eigenvalue weighted by Gasteiger charge is 2.25. The van der Waals surface area contributed by atoms with Gasteiger partial charge in [-0.2, -0.15) is 0 Å². The Morgan fingerprint density at radius 1 is 1.50 bits per heavy atom. The number of anilines is 1. The van der Waals surface area contributed by atoms with Gasteiger partial charge in [-0.15, -0.1) is 0 Å². The summed E-state index contributed by atoms with van der Waals surface area (Å²) >= 11 is 1.04. The van der Waals surface area contributed by atoms with Gasteiger partial charge in [0.2, 0.25) is 5.91 Å². The summed E-state index contributed by atoms with van der Waals surface area (Å²) in [6.45, 7) is 1.85. The van der Waals surface area contributed by atoms with Crippen LogP contribution in [0.2, 0.25) is 0 Å². The molecule has 1 aromatic heterocycles. The Bertz CT molecular complexity index is 538. The number of nitrogens with zero attached hydrogens (tertiary/aromatic N) is 2. The maximum Gasteiger partial charge on any atom is 0.356 e. The number of hydrogen-bond donors (Lipinski definition) is 2. The van der Waals surface area contributed by atoms with Gasteiger partial charge >= 0.3 is 5.97 Å². The molecule has 0 spiro atoms. The summed E-state index contributed by atoms with van der Waals surface area (Å²) in [7, 11) is 1.72. The highest BCUT2D eigenvalue weighted by atomic mass is 32.1. The number of amides is 1. The van der Waals surface area contributed by atoms with Gasteiger partial charge in [-0.05, 0) is 6.42 Å². The number of carboxylic acids is 1. The molecular weight excluding hydrogens is 282 g/mol. The van der Waals surface area contributed by atoms with Crippen LogP contribution in [-0.4, -0.2) is 52.3 Å². The number of Topliss-reactive ketones (excluding diaryl/α,β-unsaturated/α-hetero) is 1. The molecule has 2 N–H and O–H groups in total. The van der Waals surface area contributed by atoms with Crippen molar-refractivity contribution in [1.82, 2.24) is 9.88 Å². The van der Waals surface area contributed by atoms with Crippen LogP contribution in [0.25, 0.3) is 0 Å². The monoisotopic (exact) mass is 297 g/mol. The van der Waals surface area contributed by atoms with Gasteiger partial charge in [0.05, 0.1) is 0 Å². The lowest BCUT2D eigenvalue weighted by Gasteiger charge is -2.29. The zero-order chi connectivity index (χ0) is 14.9. The van der Waals surface area contributed by atoms with E-state index in [1.165, 1.54) is 6.92 Å². The first-order valence-electron chi connectivity index (χ1n) is 6.14. The van der Waals surface area contributed by atoms with Gasteiger partial charge in [-0.25, -0.2) is 9.78 Å². The number of piperidine rings is 1. The molecule has 0 aliphatic carbocycles. The number of aromatic carboxylic acids is 1. The fourth-order valence-corrected chi connectivity index (χ4v) is 3.00. The van der Waals surface area contributed by atoms with E-state index in [9.17, 15) is 14.4 Å². The van der Waals surface area contributed by atoms with Gasteiger partial charge in [0, 0.05) is 33.0 Å². The number of carbonyl (C=O) groups excluding carboxylic acids is 2. The Morgan fingerprint density at radius 2 is 2.20 bits per heavy atom. The number of carboxylic acid groups (broad SMARTS) is 1. The number of ketones is 1. The van der Waals surface area contributed by atoms with Gasteiger partial charge < -0.3 is 15.3 Å². The second kappa shape index (κ2) is 5.58. The first kappa shape index (κ1) is 14.4. The number of likely N-dealkylation sites (tertiary alicyclic amines) is 1. The predicted molar refractivity (Wildman–Crippen MR) is 73.4 cm³/mol. The molecule has 2 rings (SSSR count). The second-order valence-corrected chi connectivity index (χ2v) is 5.71. The van der Waals surface area contributed by atoms with Crippen LogP contribution >= 0.6 is 11.3 Å². The average Bonchev–Trinajstić information content (AvgIpc) is 2.78. The molecule has 1 atom stereocenters. The molecule has 8 heteroatoms. The van der Waals surface area contributed by atoms with E-state index in [2.05, 4.69) is 10.3 Å². The maximum atomic E-state index is 11.4. The smallest absolute Gasteiger partial charge is 0.356 e. The van der Waals surface area contributed by atoms with E-state index in [1.54, 1.807) is 11.9 Å². The van der Waals surface area contributed by atoms with Crippen LogP contribution in [0, 0.1) is 0 Å². The molecule has 1 aliphatic heterocycles. The molecule has 1 amide bonds. The highest BCUT2D eigenvalue weighted by molar-refractivity contribution is 7.17. The lowest BCUT2D eigenvalue weighted by molar-refractivity contribution is -0.132. The van der Waals surface area contributed by atoms with Crippen molar-refractivity contribution < 1.29 is 19.5 Å². The molecule has 7 nitrogen and oxygen atoms in total. The molecule has 0 radical (unpaired) electrons. The van der Waals surface area contributed by atoms with Crippen LogP contribution in [0.4, 0.5) is 5.13 Å². The van der Waals surface area contributed by atoms with Crippen molar-refractivity contribution in [2.24, 2.45) is 0 Å². The Kier molecular flexibility index (Phi) is 4.03. The summed E-state index contributed by atoms with van der Waals surface area (Å²) in [6, 6.07) is 0.0188. The minimum Gasteiger partial charge on any atom is -0.476 e. The van der Waals surface area contributed by atoms with Gasteiger partial charge in [0.25, 0.3) is 0 Å². The third-order valence-electron chi connectivity index (χ3n) is 3.10. The summed E-state index contributed by atoms with van der Waals surface area (Å²) in [5, 5.41) is 12.5. The van der Waals surface area contributed by atoms with E-state index in [4.69, 9.17) is 5.11 Å². The predicted octanol–water partition coefficient (Wildman–Crippen LogP) is 1.08. The topological polar surface area (TPSA) is 99.6 Å². The standard InChI is InChI=1S/C12H15N3O4S/c1-6(16)10-9(11(18)19)14-12(20-10)13-7-3-4-8(17)15(2)5-7/h7H,3-5H2,1-2H3,(H,13,14)(H,18,19). The zero-order valence-electron chi connectivity index (χ0n) is 11.2. The van der Waals surface area contributed by atoms with Crippen LogP contribution in [0.15, 0.2) is 0 Å². The number of carbonyl (C=O) groups is 3. The van der Waals surface area contributed by atoms with Gasteiger partial charge in [0.1, 0.15) is 4.88 Å².